The smallest absolute Gasteiger partial charge is 0.239 e. The lowest BCUT2D eigenvalue weighted by atomic mass is 10.1. The molecule has 2 amide bonds. The summed E-state index contributed by atoms with van der Waals surface area (Å²) >= 11 is 1.49. The van der Waals surface area contributed by atoms with Crippen LogP contribution in [0.1, 0.15) is 70.8 Å². The minimum atomic E-state index is -0.477. The van der Waals surface area contributed by atoms with E-state index < -0.39 is 11.9 Å². The van der Waals surface area contributed by atoms with Crippen LogP contribution >= 0.6 is 11.9 Å². The molecule has 0 saturated heterocycles. The van der Waals surface area contributed by atoms with Crippen molar-refractivity contribution in [2.45, 2.75) is 83.8 Å². The first-order chi connectivity index (χ1) is 17.3. The number of halogens is 1. The van der Waals surface area contributed by atoms with Gasteiger partial charge in [-0.1, -0.05) is 37.9 Å². The van der Waals surface area contributed by atoms with E-state index in [2.05, 4.69) is 41.0 Å². The molecule has 2 rings (SSSR count). The lowest BCUT2D eigenvalue weighted by Gasteiger charge is -2.24. The van der Waals surface area contributed by atoms with E-state index in [1.807, 2.05) is 0 Å². The number of nitrogens with zero attached hydrogens (tertiary/aromatic N) is 2. The van der Waals surface area contributed by atoms with Crippen molar-refractivity contribution in [3.05, 3.63) is 35.8 Å². The van der Waals surface area contributed by atoms with Crippen LogP contribution in [0.15, 0.2) is 24.4 Å². The molecule has 1 atom stereocenters. The molecule has 0 aliphatic heterocycles. The highest BCUT2D eigenvalue weighted by Crippen LogP contribution is 2.28. The van der Waals surface area contributed by atoms with Crippen molar-refractivity contribution in [2.24, 2.45) is 5.92 Å². The van der Waals surface area contributed by atoms with Gasteiger partial charge in [0.25, 0.3) is 0 Å². The molecule has 1 unspecified atom stereocenters. The van der Waals surface area contributed by atoms with Crippen LogP contribution in [0, 0.1) is 11.7 Å². The number of hydrogen-bond acceptors (Lipinski definition) is 6. The maximum absolute atomic E-state index is 13.8. The Balaban J connectivity index is 1.64. The lowest BCUT2D eigenvalue weighted by Crippen LogP contribution is -2.45. The molecule has 1 aliphatic carbocycles. The molecule has 0 aromatic carbocycles. The van der Waals surface area contributed by atoms with Gasteiger partial charge in [0.2, 0.25) is 17.7 Å². The SMILES string of the molecule is CNC(Cc1cc(F)cnc1OC1CC1)C(=O)N(C)CCCC/C=C/CCC(=O)NSCCC(C)C. The van der Waals surface area contributed by atoms with Gasteiger partial charge in [0.1, 0.15) is 11.9 Å². The summed E-state index contributed by atoms with van der Waals surface area (Å²) in [6, 6.07) is 0.930. The number of ether oxygens (including phenoxy) is 1. The Kier molecular flexibility index (Phi) is 13.9. The highest BCUT2D eigenvalue weighted by atomic mass is 32.2. The maximum atomic E-state index is 13.8. The second kappa shape index (κ2) is 16.6. The molecule has 1 fully saturated rings. The highest BCUT2D eigenvalue weighted by Gasteiger charge is 2.27. The largest absolute Gasteiger partial charge is 0.474 e. The summed E-state index contributed by atoms with van der Waals surface area (Å²) in [5, 5.41) is 3.06. The summed E-state index contributed by atoms with van der Waals surface area (Å²) in [7, 11) is 3.53. The summed E-state index contributed by atoms with van der Waals surface area (Å²) in [5.41, 5.74) is 0.607. The topological polar surface area (TPSA) is 83.6 Å². The number of aromatic nitrogens is 1. The van der Waals surface area contributed by atoms with Gasteiger partial charge < -0.3 is 19.7 Å². The van der Waals surface area contributed by atoms with Crippen LogP contribution < -0.4 is 14.8 Å². The molecule has 1 saturated carbocycles. The van der Waals surface area contributed by atoms with E-state index >= 15 is 0 Å². The molecule has 202 valence electrons. The first kappa shape index (κ1) is 30.1. The Morgan fingerprint density at radius 1 is 1.28 bits per heavy atom. The van der Waals surface area contributed by atoms with Gasteiger partial charge in [-0.2, -0.15) is 0 Å². The molecule has 7 nitrogen and oxygen atoms in total. The van der Waals surface area contributed by atoms with E-state index in [9.17, 15) is 14.0 Å². The minimum absolute atomic E-state index is 0.0352. The fraction of sp³-hybridized carbons (Fsp3) is 0.667. The Morgan fingerprint density at radius 3 is 2.72 bits per heavy atom. The number of likely N-dealkylation sites (N-methyl/N-ethyl adjacent to an activating group) is 2. The summed E-state index contributed by atoms with van der Waals surface area (Å²) in [6.07, 6.45) is 12.8. The lowest BCUT2D eigenvalue weighted by molar-refractivity contribution is -0.132. The van der Waals surface area contributed by atoms with Gasteiger partial charge in [-0.3, -0.25) is 9.59 Å². The third kappa shape index (κ3) is 12.2. The number of carbonyl (C=O) groups excluding carboxylic acids is 2. The van der Waals surface area contributed by atoms with E-state index in [0.717, 1.165) is 56.9 Å². The fourth-order valence-corrected chi connectivity index (χ4v) is 4.47. The first-order valence-electron chi connectivity index (χ1n) is 13.1. The van der Waals surface area contributed by atoms with Crippen molar-refractivity contribution in [2.75, 3.05) is 26.4 Å². The third-order valence-electron chi connectivity index (χ3n) is 5.94. The van der Waals surface area contributed by atoms with E-state index in [1.54, 1.807) is 19.0 Å². The minimum Gasteiger partial charge on any atom is -0.474 e. The zero-order valence-corrected chi connectivity index (χ0v) is 23.0. The highest BCUT2D eigenvalue weighted by molar-refractivity contribution is 7.97. The van der Waals surface area contributed by atoms with E-state index in [1.165, 1.54) is 18.0 Å². The summed E-state index contributed by atoms with van der Waals surface area (Å²) < 4.78 is 22.5. The van der Waals surface area contributed by atoms with Crippen molar-refractivity contribution in [1.29, 1.82) is 0 Å². The van der Waals surface area contributed by atoms with E-state index in [4.69, 9.17) is 4.74 Å². The third-order valence-corrected chi connectivity index (χ3v) is 6.76. The monoisotopic (exact) mass is 522 g/mol. The molecule has 0 bridgehead atoms. The van der Waals surface area contributed by atoms with Gasteiger partial charge in [0.05, 0.1) is 12.2 Å². The predicted molar refractivity (Wildman–Crippen MR) is 144 cm³/mol. The van der Waals surface area contributed by atoms with Crippen molar-refractivity contribution >= 4 is 23.8 Å². The predicted octanol–water partition coefficient (Wildman–Crippen LogP) is 4.67. The van der Waals surface area contributed by atoms with Gasteiger partial charge in [0.15, 0.2) is 0 Å². The van der Waals surface area contributed by atoms with Crippen molar-refractivity contribution in [3.63, 3.8) is 0 Å². The van der Waals surface area contributed by atoms with Crippen LogP contribution in [-0.2, 0) is 16.0 Å². The summed E-state index contributed by atoms with van der Waals surface area (Å²) in [5.74, 6) is 1.63. The molecule has 2 N–H and O–H groups in total. The van der Waals surface area contributed by atoms with E-state index in [-0.39, 0.29) is 17.9 Å². The Labute approximate surface area is 220 Å². The van der Waals surface area contributed by atoms with Gasteiger partial charge in [-0.15, -0.1) is 0 Å². The van der Waals surface area contributed by atoms with Gasteiger partial charge in [-0.05, 0) is 64.0 Å². The first-order valence-corrected chi connectivity index (χ1v) is 14.1. The van der Waals surface area contributed by atoms with Crippen molar-refractivity contribution < 1.29 is 18.7 Å². The van der Waals surface area contributed by atoms with Gasteiger partial charge >= 0.3 is 0 Å². The number of pyridine rings is 1. The fourth-order valence-electron chi connectivity index (χ4n) is 3.51. The standard InChI is InChI=1S/C27H43FN4O3S/c1-20(2)14-16-36-31-25(33)11-9-7-5-6-8-10-15-32(4)27(34)24(29-3)18-21-17-22(28)19-30-26(21)35-23-12-13-23/h5,7,17,19-20,23-24,29H,6,8-16,18H2,1-4H3,(H,31,33)/b7-5+. The number of unbranched alkanes of at least 4 members (excludes halogenated alkanes) is 2. The molecule has 9 heteroatoms. The Bertz CT molecular complexity index is 848. The quantitative estimate of drug-likeness (QED) is 0.166. The average Bonchev–Trinajstić information content (AvgIpc) is 3.67. The molecular formula is C27H43FN4O3S. The molecule has 0 spiro atoms. The average molecular weight is 523 g/mol. The number of nitrogens with one attached hydrogen (secondary N) is 2. The molecule has 1 heterocycles. The molecule has 36 heavy (non-hydrogen) atoms. The molecule has 1 aliphatic rings. The number of amides is 2. The van der Waals surface area contributed by atoms with Gasteiger partial charge in [0, 0.05) is 37.8 Å². The van der Waals surface area contributed by atoms with Crippen LogP contribution in [0.4, 0.5) is 4.39 Å². The molecule has 1 aromatic heterocycles. The number of hydrogen-bond donors (Lipinski definition) is 2. The second-order valence-corrected chi connectivity index (χ2v) is 10.7. The zero-order chi connectivity index (χ0) is 26.3. The number of rotatable bonds is 18. The zero-order valence-electron chi connectivity index (χ0n) is 22.2. The molecule has 0 radical (unpaired) electrons. The van der Waals surface area contributed by atoms with E-state index in [0.29, 0.717) is 36.7 Å². The second-order valence-electron chi connectivity index (χ2n) is 9.80. The normalized spacial score (nSPS) is 14.3. The Hall–Kier alpha value is -2.13. The van der Waals surface area contributed by atoms with Crippen molar-refractivity contribution in [3.8, 4) is 5.88 Å². The Morgan fingerprint density at radius 2 is 2.03 bits per heavy atom. The molecular weight excluding hydrogens is 479 g/mol. The van der Waals surface area contributed by atoms with Crippen LogP contribution in [0.2, 0.25) is 0 Å². The number of carbonyl (C=O) groups is 2. The van der Waals surface area contributed by atoms with Gasteiger partial charge in [-0.25, -0.2) is 9.37 Å². The number of allylic oxidation sites excluding steroid dienone is 2. The summed E-state index contributed by atoms with van der Waals surface area (Å²) in [6.45, 7) is 5.00. The van der Waals surface area contributed by atoms with Crippen LogP contribution in [0.25, 0.3) is 0 Å². The molecule has 1 aromatic rings. The summed E-state index contributed by atoms with van der Waals surface area (Å²) in [4.78, 5) is 30.6. The maximum Gasteiger partial charge on any atom is 0.239 e. The van der Waals surface area contributed by atoms with Crippen molar-refractivity contribution in [1.82, 2.24) is 19.9 Å². The van der Waals surface area contributed by atoms with Crippen LogP contribution in [0.3, 0.4) is 0 Å². The van der Waals surface area contributed by atoms with Crippen LogP contribution in [0.5, 0.6) is 5.88 Å². The van der Waals surface area contributed by atoms with Crippen LogP contribution in [-0.4, -0.2) is 60.2 Å².